The minimum Gasteiger partial charge on any atom is -0.351 e. The lowest BCUT2D eigenvalue weighted by molar-refractivity contribution is 0.250. The molecule has 0 unspecified atom stereocenters. The van der Waals surface area contributed by atoms with Crippen LogP contribution in [0.5, 0.6) is 0 Å². The summed E-state index contributed by atoms with van der Waals surface area (Å²) in [6.45, 7) is 3.80. The van der Waals surface area contributed by atoms with Gasteiger partial charge in [0.1, 0.15) is 0 Å². The Bertz CT molecular complexity index is 263. The Morgan fingerprint density at radius 1 is 1.60 bits per heavy atom. The molecular formula is C7H10N2O. The van der Waals surface area contributed by atoms with Crippen LogP contribution in [0.25, 0.3) is 0 Å². The minimum atomic E-state index is -0.425. The van der Waals surface area contributed by atoms with E-state index < -0.39 is 6.03 Å². The lowest BCUT2D eigenvalue weighted by atomic mass is 10.3. The van der Waals surface area contributed by atoms with Crippen molar-refractivity contribution in [1.29, 1.82) is 0 Å². The molecule has 0 bridgehead atoms. The molecule has 0 saturated heterocycles. The molecule has 10 heavy (non-hydrogen) atoms. The second kappa shape index (κ2) is 2.17. The lowest BCUT2D eigenvalue weighted by Gasteiger charge is -1.98. The quantitative estimate of drug-likeness (QED) is 0.572. The Morgan fingerprint density at radius 2 is 2.20 bits per heavy atom. The lowest BCUT2D eigenvalue weighted by Crippen LogP contribution is -2.19. The number of hydrogen-bond donors (Lipinski definition) is 1. The van der Waals surface area contributed by atoms with Crippen LogP contribution in [0.15, 0.2) is 12.3 Å². The van der Waals surface area contributed by atoms with Crippen molar-refractivity contribution in [1.82, 2.24) is 4.57 Å². The highest BCUT2D eigenvalue weighted by Crippen LogP contribution is 2.06. The Hall–Kier alpha value is -1.25. The molecule has 1 rings (SSSR count). The zero-order valence-corrected chi connectivity index (χ0v) is 6.09. The summed E-state index contributed by atoms with van der Waals surface area (Å²) in [5.74, 6) is 0. The summed E-state index contributed by atoms with van der Waals surface area (Å²) in [4.78, 5) is 10.6. The van der Waals surface area contributed by atoms with Gasteiger partial charge in [0.2, 0.25) is 0 Å². The first-order valence-corrected chi connectivity index (χ1v) is 3.07. The van der Waals surface area contributed by atoms with E-state index in [1.807, 2.05) is 19.9 Å². The average molecular weight is 138 g/mol. The van der Waals surface area contributed by atoms with Gasteiger partial charge < -0.3 is 5.73 Å². The molecule has 54 valence electrons. The number of amides is 1. The van der Waals surface area contributed by atoms with Gasteiger partial charge in [-0.3, -0.25) is 4.57 Å². The molecule has 3 nitrogen and oxygen atoms in total. The summed E-state index contributed by atoms with van der Waals surface area (Å²) >= 11 is 0. The van der Waals surface area contributed by atoms with Crippen molar-refractivity contribution in [2.75, 3.05) is 0 Å². The predicted octanol–water partition coefficient (Wildman–Crippen LogP) is 1.03. The van der Waals surface area contributed by atoms with Crippen molar-refractivity contribution < 1.29 is 4.79 Å². The van der Waals surface area contributed by atoms with Crippen LogP contribution >= 0.6 is 0 Å². The molecule has 0 spiro atoms. The highest BCUT2D eigenvalue weighted by atomic mass is 16.2. The normalized spacial score (nSPS) is 9.80. The van der Waals surface area contributed by atoms with Gasteiger partial charge in [0.05, 0.1) is 0 Å². The fourth-order valence-corrected chi connectivity index (χ4v) is 0.847. The van der Waals surface area contributed by atoms with Crippen molar-refractivity contribution in [3.63, 3.8) is 0 Å². The Balaban J connectivity index is 3.17. The number of carbonyl (C=O) groups is 1. The number of primary amides is 1. The maximum atomic E-state index is 10.6. The molecular weight excluding hydrogens is 128 g/mol. The number of rotatable bonds is 0. The molecule has 2 N–H and O–H groups in total. The van der Waals surface area contributed by atoms with Crippen LogP contribution in [0.1, 0.15) is 11.3 Å². The zero-order chi connectivity index (χ0) is 7.72. The van der Waals surface area contributed by atoms with E-state index >= 15 is 0 Å². The highest BCUT2D eigenvalue weighted by Gasteiger charge is 2.02. The molecule has 0 fully saturated rings. The fraction of sp³-hybridized carbons (Fsp3) is 0.286. The summed E-state index contributed by atoms with van der Waals surface area (Å²) < 4.78 is 1.43. The van der Waals surface area contributed by atoms with E-state index in [2.05, 4.69) is 0 Å². The second-order valence-electron chi connectivity index (χ2n) is 2.29. The third-order valence-electron chi connectivity index (χ3n) is 1.64. The zero-order valence-electron chi connectivity index (χ0n) is 6.09. The summed E-state index contributed by atoms with van der Waals surface area (Å²) in [6, 6.07) is 1.44. The van der Waals surface area contributed by atoms with Gasteiger partial charge in [0, 0.05) is 11.9 Å². The molecule has 0 radical (unpaired) electrons. The van der Waals surface area contributed by atoms with Gasteiger partial charge in [-0.2, -0.15) is 0 Å². The standard InChI is InChI=1S/C7H10N2O/c1-5-3-4-9(6(5)2)7(8)10/h3-4H,1-2H3,(H2,8,10). The van der Waals surface area contributed by atoms with Crippen LogP contribution in [0, 0.1) is 13.8 Å². The van der Waals surface area contributed by atoms with Gasteiger partial charge in [-0.1, -0.05) is 0 Å². The van der Waals surface area contributed by atoms with Gasteiger partial charge in [0.15, 0.2) is 0 Å². The van der Waals surface area contributed by atoms with Crippen LogP contribution in [0.4, 0.5) is 4.79 Å². The van der Waals surface area contributed by atoms with E-state index in [-0.39, 0.29) is 0 Å². The SMILES string of the molecule is Cc1ccn(C(N)=O)c1C. The Labute approximate surface area is 59.4 Å². The van der Waals surface area contributed by atoms with Crippen molar-refractivity contribution in [3.8, 4) is 0 Å². The molecule has 1 amide bonds. The largest absolute Gasteiger partial charge is 0.351 e. The van der Waals surface area contributed by atoms with Crippen LogP contribution in [0.2, 0.25) is 0 Å². The summed E-state index contributed by atoms with van der Waals surface area (Å²) in [5, 5.41) is 0. The number of nitrogens with zero attached hydrogens (tertiary/aromatic N) is 1. The summed E-state index contributed by atoms with van der Waals surface area (Å²) in [7, 11) is 0. The van der Waals surface area contributed by atoms with Crippen molar-refractivity contribution in [2.45, 2.75) is 13.8 Å². The third kappa shape index (κ3) is 0.900. The number of nitrogens with two attached hydrogens (primary N) is 1. The van der Waals surface area contributed by atoms with Gasteiger partial charge in [0.25, 0.3) is 0 Å². The van der Waals surface area contributed by atoms with Crippen molar-refractivity contribution in [3.05, 3.63) is 23.5 Å². The number of aromatic nitrogens is 1. The minimum absolute atomic E-state index is 0.425. The van der Waals surface area contributed by atoms with E-state index in [1.54, 1.807) is 6.20 Å². The molecule has 0 aromatic carbocycles. The predicted molar refractivity (Wildman–Crippen MR) is 38.9 cm³/mol. The van der Waals surface area contributed by atoms with Crippen LogP contribution in [-0.2, 0) is 0 Å². The van der Waals surface area contributed by atoms with E-state index in [0.29, 0.717) is 0 Å². The number of aryl methyl sites for hydroxylation is 1. The van der Waals surface area contributed by atoms with E-state index in [9.17, 15) is 4.79 Å². The monoisotopic (exact) mass is 138 g/mol. The summed E-state index contributed by atoms with van der Waals surface area (Å²) in [6.07, 6.45) is 1.67. The first-order valence-electron chi connectivity index (χ1n) is 3.07. The molecule has 0 atom stereocenters. The molecule has 0 saturated carbocycles. The smallest absolute Gasteiger partial charge is 0.323 e. The molecule has 1 aromatic rings. The van der Waals surface area contributed by atoms with Crippen molar-refractivity contribution in [2.24, 2.45) is 5.73 Å². The van der Waals surface area contributed by atoms with Gasteiger partial charge in [-0.15, -0.1) is 0 Å². The number of hydrogen-bond acceptors (Lipinski definition) is 1. The summed E-state index contributed by atoms with van der Waals surface area (Å²) in [5.41, 5.74) is 7.04. The topological polar surface area (TPSA) is 48.0 Å². The molecule has 0 aliphatic carbocycles. The van der Waals surface area contributed by atoms with Crippen LogP contribution in [-0.4, -0.2) is 10.6 Å². The maximum Gasteiger partial charge on any atom is 0.323 e. The van der Waals surface area contributed by atoms with Gasteiger partial charge in [-0.25, -0.2) is 4.79 Å². The molecule has 0 aliphatic rings. The van der Waals surface area contributed by atoms with E-state index in [1.165, 1.54) is 4.57 Å². The Morgan fingerprint density at radius 3 is 2.40 bits per heavy atom. The first-order chi connectivity index (χ1) is 4.63. The van der Waals surface area contributed by atoms with Gasteiger partial charge in [-0.05, 0) is 25.5 Å². The second-order valence-corrected chi connectivity index (χ2v) is 2.29. The number of carbonyl (C=O) groups excluding carboxylic acids is 1. The first kappa shape index (κ1) is 6.86. The van der Waals surface area contributed by atoms with Crippen LogP contribution < -0.4 is 5.73 Å². The van der Waals surface area contributed by atoms with E-state index in [4.69, 9.17) is 5.73 Å². The highest BCUT2D eigenvalue weighted by molar-refractivity contribution is 5.75. The molecule has 0 aliphatic heterocycles. The van der Waals surface area contributed by atoms with Gasteiger partial charge >= 0.3 is 6.03 Å². The Kier molecular flexibility index (Phi) is 1.49. The maximum absolute atomic E-state index is 10.6. The molecule has 1 aromatic heterocycles. The van der Waals surface area contributed by atoms with E-state index in [0.717, 1.165) is 11.3 Å². The van der Waals surface area contributed by atoms with Crippen LogP contribution in [0.3, 0.4) is 0 Å². The van der Waals surface area contributed by atoms with Crippen molar-refractivity contribution >= 4 is 6.03 Å². The molecule has 3 heteroatoms. The third-order valence-corrected chi connectivity index (χ3v) is 1.64. The average Bonchev–Trinajstić information content (AvgIpc) is 2.14. The fourth-order valence-electron chi connectivity index (χ4n) is 0.847. The molecule has 1 heterocycles.